The molecule has 0 fully saturated rings. The molecule has 0 atom stereocenters. The molecule has 0 radical (unpaired) electrons. The van der Waals surface area contributed by atoms with Gasteiger partial charge in [0.25, 0.3) is 0 Å². The van der Waals surface area contributed by atoms with Crippen LogP contribution in [0.5, 0.6) is 5.75 Å². The van der Waals surface area contributed by atoms with Crippen LogP contribution in [0.4, 0.5) is 0 Å². The number of benzene rings is 2. The normalized spacial score (nSPS) is 11.5. The highest BCUT2D eigenvalue weighted by Crippen LogP contribution is 2.22. The van der Waals surface area contributed by atoms with Gasteiger partial charge in [0.2, 0.25) is 0 Å². The zero-order valence-electron chi connectivity index (χ0n) is 13.9. The molecule has 1 heterocycles. The maximum absolute atomic E-state index is 12.3. The van der Waals surface area contributed by atoms with E-state index in [2.05, 4.69) is 4.57 Å². The summed E-state index contributed by atoms with van der Waals surface area (Å²) in [6.45, 7) is 5.96. The minimum absolute atomic E-state index is 0.147. The van der Waals surface area contributed by atoms with Gasteiger partial charge in [-0.3, -0.25) is 0 Å². The number of aromatic nitrogens is 1. The Morgan fingerprint density at radius 2 is 1.29 bits per heavy atom. The zero-order chi connectivity index (χ0) is 17.3. The van der Waals surface area contributed by atoms with E-state index in [-0.39, 0.29) is 4.90 Å². The van der Waals surface area contributed by atoms with Crippen molar-refractivity contribution >= 4 is 10.1 Å². The SMILES string of the molecule is Cc1ccc(S(=O)(=O)Oc2ccc(-n3c(C)ccc3C)cc2)cc1. The molecule has 4 nitrogen and oxygen atoms in total. The third-order valence-corrected chi connectivity index (χ3v) is 5.14. The second kappa shape index (κ2) is 6.17. The van der Waals surface area contributed by atoms with E-state index in [1.807, 2.05) is 45.0 Å². The van der Waals surface area contributed by atoms with Crippen molar-refractivity contribution in [2.75, 3.05) is 0 Å². The third kappa shape index (κ3) is 3.21. The highest BCUT2D eigenvalue weighted by molar-refractivity contribution is 7.87. The van der Waals surface area contributed by atoms with E-state index in [0.717, 1.165) is 22.6 Å². The molecule has 0 unspecified atom stereocenters. The molecule has 0 aliphatic carbocycles. The van der Waals surface area contributed by atoms with Crippen molar-refractivity contribution in [2.45, 2.75) is 25.7 Å². The molecular formula is C19H19NO3S. The Morgan fingerprint density at radius 1 is 0.750 bits per heavy atom. The predicted molar refractivity (Wildman–Crippen MR) is 94.2 cm³/mol. The number of aryl methyl sites for hydroxylation is 3. The minimum Gasteiger partial charge on any atom is -0.379 e. The van der Waals surface area contributed by atoms with Crippen LogP contribution in [0, 0.1) is 20.8 Å². The fraction of sp³-hybridized carbons (Fsp3) is 0.158. The Balaban J connectivity index is 1.85. The molecule has 24 heavy (non-hydrogen) atoms. The van der Waals surface area contributed by atoms with Crippen LogP contribution in [-0.2, 0) is 10.1 Å². The van der Waals surface area contributed by atoms with Crippen LogP contribution in [0.2, 0.25) is 0 Å². The van der Waals surface area contributed by atoms with Crippen molar-refractivity contribution in [1.82, 2.24) is 4.57 Å². The predicted octanol–water partition coefficient (Wildman–Crippen LogP) is 4.17. The molecule has 0 aliphatic rings. The topological polar surface area (TPSA) is 48.3 Å². The summed E-state index contributed by atoms with van der Waals surface area (Å²) in [7, 11) is -3.82. The van der Waals surface area contributed by atoms with Crippen molar-refractivity contribution in [2.24, 2.45) is 0 Å². The average Bonchev–Trinajstić information content (AvgIpc) is 2.87. The van der Waals surface area contributed by atoms with Crippen molar-refractivity contribution in [3.05, 3.63) is 77.6 Å². The van der Waals surface area contributed by atoms with Crippen molar-refractivity contribution in [3.8, 4) is 11.4 Å². The first kappa shape index (κ1) is 16.3. The molecule has 2 aromatic carbocycles. The first-order valence-corrected chi connectivity index (χ1v) is 9.04. The Hall–Kier alpha value is -2.53. The Morgan fingerprint density at radius 3 is 1.83 bits per heavy atom. The summed E-state index contributed by atoms with van der Waals surface area (Å²) in [6, 6.07) is 17.7. The van der Waals surface area contributed by atoms with Crippen molar-refractivity contribution in [3.63, 3.8) is 0 Å². The number of rotatable bonds is 4. The molecular weight excluding hydrogens is 322 g/mol. The van der Waals surface area contributed by atoms with E-state index >= 15 is 0 Å². The first-order valence-electron chi connectivity index (χ1n) is 7.63. The molecule has 0 bridgehead atoms. The lowest BCUT2D eigenvalue weighted by Crippen LogP contribution is -2.09. The standard InChI is InChI=1S/C19H19NO3S/c1-14-4-12-19(13-5-14)24(21,22)23-18-10-8-17(9-11-18)20-15(2)6-7-16(20)3/h4-13H,1-3H3. The van der Waals surface area contributed by atoms with Gasteiger partial charge in [-0.25, -0.2) is 0 Å². The summed E-state index contributed by atoms with van der Waals surface area (Å²) in [5.41, 5.74) is 4.20. The summed E-state index contributed by atoms with van der Waals surface area (Å²) < 4.78 is 31.9. The highest BCUT2D eigenvalue weighted by atomic mass is 32.2. The zero-order valence-corrected chi connectivity index (χ0v) is 14.7. The number of nitrogens with zero attached hydrogens (tertiary/aromatic N) is 1. The van der Waals surface area contributed by atoms with Crippen LogP contribution >= 0.6 is 0 Å². The molecule has 3 aromatic rings. The first-order chi connectivity index (χ1) is 11.4. The lowest BCUT2D eigenvalue weighted by molar-refractivity contribution is 0.486. The smallest absolute Gasteiger partial charge is 0.339 e. The van der Waals surface area contributed by atoms with Gasteiger partial charge in [-0.2, -0.15) is 8.42 Å². The molecule has 0 spiro atoms. The van der Waals surface area contributed by atoms with Crippen LogP contribution in [0.15, 0.2) is 65.6 Å². The van der Waals surface area contributed by atoms with E-state index in [1.54, 1.807) is 36.4 Å². The largest absolute Gasteiger partial charge is 0.379 e. The van der Waals surface area contributed by atoms with Gasteiger partial charge in [0, 0.05) is 17.1 Å². The summed E-state index contributed by atoms with van der Waals surface area (Å²) in [5, 5.41) is 0. The molecule has 5 heteroatoms. The minimum atomic E-state index is -3.82. The Labute approximate surface area is 142 Å². The summed E-state index contributed by atoms with van der Waals surface area (Å²) in [5.74, 6) is 0.293. The lowest BCUT2D eigenvalue weighted by atomic mass is 10.2. The van der Waals surface area contributed by atoms with Gasteiger partial charge in [0.15, 0.2) is 0 Å². The summed E-state index contributed by atoms with van der Waals surface area (Å²) in [6.07, 6.45) is 0. The maximum atomic E-state index is 12.3. The molecule has 0 amide bonds. The van der Waals surface area contributed by atoms with E-state index in [4.69, 9.17) is 4.18 Å². The van der Waals surface area contributed by atoms with E-state index in [9.17, 15) is 8.42 Å². The molecule has 3 rings (SSSR count). The van der Waals surface area contributed by atoms with Gasteiger partial charge in [0.1, 0.15) is 10.6 Å². The van der Waals surface area contributed by atoms with Gasteiger partial charge < -0.3 is 8.75 Å². The molecule has 0 N–H and O–H groups in total. The quantitative estimate of drug-likeness (QED) is 0.669. The van der Waals surface area contributed by atoms with E-state index in [0.29, 0.717) is 5.75 Å². The lowest BCUT2D eigenvalue weighted by Gasteiger charge is -2.11. The monoisotopic (exact) mass is 341 g/mol. The van der Waals surface area contributed by atoms with Gasteiger partial charge in [-0.05, 0) is 69.3 Å². The molecule has 1 aromatic heterocycles. The maximum Gasteiger partial charge on any atom is 0.339 e. The molecule has 0 saturated carbocycles. The fourth-order valence-electron chi connectivity index (χ4n) is 2.61. The van der Waals surface area contributed by atoms with Gasteiger partial charge >= 0.3 is 10.1 Å². The molecule has 0 saturated heterocycles. The van der Waals surface area contributed by atoms with Gasteiger partial charge in [-0.15, -0.1) is 0 Å². The second-order valence-electron chi connectivity index (χ2n) is 5.80. The molecule has 124 valence electrons. The summed E-state index contributed by atoms with van der Waals surface area (Å²) in [4.78, 5) is 0.147. The van der Waals surface area contributed by atoms with Crippen molar-refractivity contribution < 1.29 is 12.6 Å². The third-order valence-electron chi connectivity index (χ3n) is 3.88. The Kier molecular flexibility index (Phi) is 4.20. The molecule has 0 aliphatic heterocycles. The van der Waals surface area contributed by atoms with Crippen LogP contribution in [0.1, 0.15) is 17.0 Å². The van der Waals surface area contributed by atoms with Gasteiger partial charge in [0.05, 0.1) is 0 Å². The number of hydrogen-bond donors (Lipinski definition) is 0. The fourth-order valence-corrected chi connectivity index (χ4v) is 3.54. The van der Waals surface area contributed by atoms with E-state index in [1.165, 1.54) is 0 Å². The van der Waals surface area contributed by atoms with Crippen molar-refractivity contribution in [1.29, 1.82) is 0 Å². The Bertz CT molecular complexity index is 933. The summed E-state index contributed by atoms with van der Waals surface area (Å²) >= 11 is 0. The van der Waals surface area contributed by atoms with Gasteiger partial charge in [-0.1, -0.05) is 17.7 Å². The van der Waals surface area contributed by atoms with Crippen LogP contribution < -0.4 is 4.18 Å². The van der Waals surface area contributed by atoms with Crippen LogP contribution in [-0.4, -0.2) is 13.0 Å². The van der Waals surface area contributed by atoms with Crippen LogP contribution in [0.3, 0.4) is 0 Å². The van der Waals surface area contributed by atoms with E-state index < -0.39 is 10.1 Å². The average molecular weight is 341 g/mol. The number of hydrogen-bond acceptors (Lipinski definition) is 3. The highest BCUT2D eigenvalue weighted by Gasteiger charge is 2.16. The second-order valence-corrected chi connectivity index (χ2v) is 7.34. The van der Waals surface area contributed by atoms with Crippen LogP contribution in [0.25, 0.3) is 5.69 Å².